The average Bonchev–Trinajstić information content (AvgIpc) is 3.40. The molecule has 2 heterocycles. The third-order valence-corrected chi connectivity index (χ3v) is 7.80. The maximum Gasteiger partial charge on any atom is 0.303 e. The van der Waals surface area contributed by atoms with Crippen LogP contribution in [0.1, 0.15) is 36.8 Å². The summed E-state index contributed by atoms with van der Waals surface area (Å²) in [6.45, 7) is 2.86. The van der Waals surface area contributed by atoms with Gasteiger partial charge in [-0.1, -0.05) is 12.1 Å². The van der Waals surface area contributed by atoms with Crippen LogP contribution in [0.25, 0.3) is 0 Å². The van der Waals surface area contributed by atoms with Gasteiger partial charge in [0.25, 0.3) is 0 Å². The summed E-state index contributed by atoms with van der Waals surface area (Å²) in [6, 6.07) is 10.7. The Bertz CT molecular complexity index is 1260. The molecule has 3 N–H and O–H groups in total. The van der Waals surface area contributed by atoms with Crippen molar-refractivity contribution in [3.8, 4) is 0 Å². The van der Waals surface area contributed by atoms with Crippen molar-refractivity contribution >= 4 is 21.7 Å². The van der Waals surface area contributed by atoms with Gasteiger partial charge in [-0.25, -0.2) is 22.5 Å². The van der Waals surface area contributed by atoms with Crippen LogP contribution < -0.4 is 10.0 Å². The summed E-state index contributed by atoms with van der Waals surface area (Å²) in [6.07, 6.45) is 6.31. The highest BCUT2D eigenvalue weighted by Crippen LogP contribution is 2.46. The van der Waals surface area contributed by atoms with Gasteiger partial charge < -0.3 is 15.0 Å². The van der Waals surface area contributed by atoms with Crippen molar-refractivity contribution < 1.29 is 22.7 Å². The van der Waals surface area contributed by atoms with Gasteiger partial charge in [-0.15, -0.1) is 0 Å². The maximum absolute atomic E-state index is 13.1. The van der Waals surface area contributed by atoms with Gasteiger partial charge in [0.05, 0.1) is 11.2 Å². The minimum Gasteiger partial charge on any atom is -0.481 e. The number of aliphatic carboxylic acids is 1. The molecule has 4 rings (SSSR count). The monoisotopic (exact) mass is 486 g/mol. The summed E-state index contributed by atoms with van der Waals surface area (Å²) in [7, 11) is -3.73. The van der Waals surface area contributed by atoms with E-state index in [1.807, 2.05) is 29.8 Å². The van der Waals surface area contributed by atoms with E-state index in [0.29, 0.717) is 19.4 Å². The first-order valence-electron chi connectivity index (χ1n) is 11.0. The summed E-state index contributed by atoms with van der Waals surface area (Å²) in [5.74, 6) is -1.33. The van der Waals surface area contributed by atoms with Crippen LogP contribution >= 0.6 is 0 Å². The van der Waals surface area contributed by atoms with Gasteiger partial charge in [-0.05, 0) is 61.2 Å². The van der Waals surface area contributed by atoms with E-state index in [-0.39, 0.29) is 23.8 Å². The topological polar surface area (TPSA) is 113 Å². The Morgan fingerprint density at radius 1 is 1.26 bits per heavy atom. The molecule has 0 amide bonds. The number of sulfonamides is 1. The van der Waals surface area contributed by atoms with Crippen LogP contribution in [0.4, 0.5) is 10.1 Å². The van der Waals surface area contributed by atoms with E-state index < -0.39 is 27.3 Å². The van der Waals surface area contributed by atoms with Gasteiger partial charge in [0.15, 0.2) is 0 Å². The molecule has 3 aromatic rings. The molecule has 0 saturated heterocycles. The quantitative estimate of drug-likeness (QED) is 0.405. The van der Waals surface area contributed by atoms with Crippen LogP contribution in [-0.2, 0) is 27.8 Å². The molecule has 0 aliphatic carbocycles. The summed E-state index contributed by atoms with van der Waals surface area (Å²) in [5, 5.41) is 12.8. The van der Waals surface area contributed by atoms with Crippen LogP contribution in [0.2, 0.25) is 0 Å². The Balaban J connectivity index is 1.50. The Labute approximate surface area is 197 Å². The number of anilines is 1. The second-order valence-electron chi connectivity index (χ2n) is 8.77. The largest absolute Gasteiger partial charge is 0.481 e. The van der Waals surface area contributed by atoms with Crippen molar-refractivity contribution in [2.75, 3.05) is 11.9 Å². The van der Waals surface area contributed by atoms with Crippen LogP contribution in [0.5, 0.6) is 0 Å². The Kier molecular flexibility index (Phi) is 6.72. The van der Waals surface area contributed by atoms with Crippen LogP contribution in [0, 0.1) is 5.82 Å². The van der Waals surface area contributed by atoms with Gasteiger partial charge in [0.1, 0.15) is 5.82 Å². The predicted octanol–water partition coefficient (Wildman–Crippen LogP) is 3.38. The van der Waals surface area contributed by atoms with E-state index in [1.165, 1.54) is 12.1 Å². The van der Waals surface area contributed by atoms with E-state index in [1.54, 1.807) is 12.5 Å². The van der Waals surface area contributed by atoms with E-state index in [4.69, 9.17) is 0 Å². The lowest BCUT2D eigenvalue weighted by molar-refractivity contribution is -0.137. The molecule has 1 aromatic heterocycles. The predicted molar refractivity (Wildman–Crippen MR) is 126 cm³/mol. The molecule has 2 unspecified atom stereocenters. The number of nitrogens with one attached hydrogen (secondary N) is 2. The first-order chi connectivity index (χ1) is 16.2. The zero-order valence-corrected chi connectivity index (χ0v) is 19.6. The Morgan fingerprint density at radius 3 is 2.71 bits per heavy atom. The molecular weight excluding hydrogens is 459 g/mol. The Hall–Kier alpha value is -3.24. The van der Waals surface area contributed by atoms with Crippen molar-refractivity contribution in [1.82, 2.24) is 14.3 Å². The van der Waals surface area contributed by atoms with Crippen molar-refractivity contribution in [1.29, 1.82) is 0 Å². The molecule has 0 bridgehead atoms. The van der Waals surface area contributed by atoms with E-state index in [2.05, 4.69) is 21.1 Å². The van der Waals surface area contributed by atoms with E-state index in [9.17, 15) is 22.7 Å². The lowest BCUT2D eigenvalue weighted by atomic mass is 9.80. The fourth-order valence-electron chi connectivity index (χ4n) is 4.44. The van der Waals surface area contributed by atoms with Crippen molar-refractivity contribution in [2.45, 2.75) is 49.1 Å². The minimum atomic E-state index is -3.73. The zero-order chi connectivity index (χ0) is 24.3. The number of imidazole rings is 1. The molecule has 1 aliphatic rings. The lowest BCUT2D eigenvalue weighted by Crippen LogP contribution is -2.38. The third kappa shape index (κ3) is 5.28. The molecule has 0 spiro atoms. The smallest absolute Gasteiger partial charge is 0.303 e. The summed E-state index contributed by atoms with van der Waals surface area (Å²) in [4.78, 5) is 15.4. The number of rotatable bonds is 10. The number of carbonyl (C=O) groups is 1. The second kappa shape index (κ2) is 9.55. The highest BCUT2D eigenvalue weighted by molar-refractivity contribution is 7.89. The molecule has 2 aromatic carbocycles. The SMILES string of the molecule is CC1(CCC(=O)O)Nc2ccc(CCNS(=O)(=O)c3ccc(F)cc3)cc2C1Cn1ccnc1. The summed E-state index contributed by atoms with van der Waals surface area (Å²) < 4.78 is 42.6. The molecule has 0 radical (unpaired) electrons. The maximum atomic E-state index is 13.1. The number of carboxylic acids is 1. The average molecular weight is 487 g/mol. The van der Waals surface area contributed by atoms with Crippen molar-refractivity contribution in [3.05, 3.63) is 78.1 Å². The minimum absolute atomic E-state index is 0.00640. The molecule has 0 saturated carbocycles. The first-order valence-corrected chi connectivity index (χ1v) is 12.5. The number of hydrogen-bond donors (Lipinski definition) is 3. The molecular formula is C24H27FN4O4S. The van der Waals surface area contributed by atoms with Gasteiger partial charge in [0, 0.05) is 49.0 Å². The molecule has 180 valence electrons. The lowest BCUT2D eigenvalue weighted by Gasteiger charge is -2.32. The highest BCUT2D eigenvalue weighted by Gasteiger charge is 2.42. The number of benzene rings is 2. The van der Waals surface area contributed by atoms with Gasteiger partial charge in [0.2, 0.25) is 10.0 Å². The Morgan fingerprint density at radius 2 is 2.03 bits per heavy atom. The van der Waals surface area contributed by atoms with Crippen LogP contribution in [0.3, 0.4) is 0 Å². The molecule has 0 fully saturated rings. The molecule has 1 aliphatic heterocycles. The molecule has 2 atom stereocenters. The van der Waals surface area contributed by atoms with Gasteiger partial charge >= 0.3 is 5.97 Å². The zero-order valence-electron chi connectivity index (χ0n) is 18.7. The highest BCUT2D eigenvalue weighted by atomic mass is 32.2. The number of hydrogen-bond acceptors (Lipinski definition) is 5. The van der Waals surface area contributed by atoms with Crippen LogP contribution in [0.15, 0.2) is 66.1 Å². The summed E-state index contributed by atoms with van der Waals surface area (Å²) in [5.41, 5.74) is 2.53. The van der Waals surface area contributed by atoms with Crippen LogP contribution in [-0.4, -0.2) is 41.1 Å². The number of carboxylic acid groups (broad SMARTS) is 1. The molecule has 8 nitrogen and oxygen atoms in total. The molecule has 34 heavy (non-hydrogen) atoms. The van der Waals surface area contributed by atoms with E-state index in [0.717, 1.165) is 28.9 Å². The fraction of sp³-hybridized carbons (Fsp3) is 0.333. The fourth-order valence-corrected chi connectivity index (χ4v) is 5.48. The molecule has 10 heteroatoms. The summed E-state index contributed by atoms with van der Waals surface area (Å²) >= 11 is 0. The number of halogens is 1. The second-order valence-corrected chi connectivity index (χ2v) is 10.5. The number of aromatic nitrogens is 2. The first kappa shape index (κ1) is 23.9. The van der Waals surface area contributed by atoms with Gasteiger partial charge in [-0.3, -0.25) is 4.79 Å². The normalized spacial score (nSPS) is 19.5. The van der Waals surface area contributed by atoms with Crippen molar-refractivity contribution in [3.63, 3.8) is 0 Å². The van der Waals surface area contributed by atoms with Gasteiger partial charge in [-0.2, -0.15) is 0 Å². The van der Waals surface area contributed by atoms with E-state index >= 15 is 0 Å². The standard InChI is InChI=1S/C24H27FN4O4S/c1-24(10-8-23(30)31)21(15-29-13-12-26-16-29)20-14-17(2-7-22(20)28-24)9-11-27-34(32,33)19-5-3-18(25)4-6-19/h2-7,12-14,16,21,27-28H,8-11,15H2,1H3,(H,30,31). The number of fused-ring (bicyclic) bond motifs is 1. The number of nitrogens with zero attached hydrogens (tertiary/aromatic N) is 2. The van der Waals surface area contributed by atoms with Crippen molar-refractivity contribution in [2.24, 2.45) is 0 Å². The third-order valence-electron chi connectivity index (χ3n) is 6.32.